The molecule has 6 aromatic rings. The number of aliphatic hydroxyl groups excluding tert-OH is 2. The second kappa shape index (κ2) is 20.6. The topological polar surface area (TPSA) is 113 Å². The number of ketones is 1. The first kappa shape index (κ1) is 49.7. The number of unbranched alkanes of at least 4 members (excludes halogenated alkanes) is 4. The van der Waals surface area contributed by atoms with E-state index in [1.54, 1.807) is 14.2 Å². The molecule has 4 aliphatic rings. The lowest BCUT2D eigenvalue weighted by Crippen LogP contribution is -2.47. The first-order valence-corrected chi connectivity index (χ1v) is 26.1. The molecule has 8 heteroatoms. The maximum absolute atomic E-state index is 14.9. The number of hydrogen-bond donors (Lipinski definition) is 3. The molecule has 1 fully saturated rings. The third kappa shape index (κ3) is 9.30. The van der Waals surface area contributed by atoms with E-state index in [4.69, 9.17) is 19.2 Å². The lowest BCUT2D eigenvalue weighted by atomic mass is 9.63. The average Bonchev–Trinajstić information content (AvgIpc) is 3.95. The summed E-state index contributed by atoms with van der Waals surface area (Å²) in [5.74, 6) is 0.886. The average molecular weight is 973 g/mol. The van der Waals surface area contributed by atoms with Crippen LogP contribution in [0.3, 0.4) is 0 Å². The molecule has 5 aromatic carbocycles. The van der Waals surface area contributed by atoms with Crippen LogP contribution in [0, 0.1) is 16.7 Å². The van der Waals surface area contributed by atoms with Gasteiger partial charge in [0, 0.05) is 61.9 Å². The molecular weight excluding hydrogens is 905 g/mol. The highest BCUT2D eigenvalue weighted by molar-refractivity contribution is 6.08. The highest BCUT2D eigenvalue weighted by atomic mass is 16.5. The van der Waals surface area contributed by atoms with Crippen molar-refractivity contribution in [2.75, 3.05) is 27.4 Å². The molecular formula is C65H68N2O6. The third-order valence-corrected chi connectivity index (χ3v) is 15.6. The molecule has 8 nitrogen and oxygen atoms in total. The Bertz CT molecular complexity index is 3400. The minimum absolute atomic E-state index is 0.0159. The molecule has 0 spiro atoms. The number of nitrogens with one attached hydrogen (secondary N) is 1. The molecule has 0 bridgehead atoms. The normalized spacial score (nSPS) is 19.8. The molecule has 0 saturated heterocycles. The lowest BCUT2D eigenvalue weighted by Gasteiger charge is -2.41. The first-order chi connectivity index (χ1) is 35.4. The van der Waals surface area contributed by atoms with Crippen molar-refractivity contribution in [3.63, 3.8) is 0 Å². The largest absolute Gasteiger partial charge is 0.497 e. The SMILES string of the molecule is COc1ccc(C(OCCCCCC2=C(C=C3C(=O)C(C(CCCCCO)=C4C=c5c([nH]c6ccccc56)=CC4(C)C)C3O)C(C)(C)C=C3N=c4ccccc4=C32)(c2ccccc2)c2ccc(OC)cc2)cc1. The molecule has 374 valence electrons. The van der Waals surface area contributed by atoms with Crippen LogP contribution in [0.1, 0.15) is 95.8 Å². The Morgan fingerprint density at radius 3 is 2.05 bits per heavy atom. The summed E-state index contributed by atoms with van der Waals surface area (Å²) in [6.07, 6.45) is 14.2. The second-order valence-corrected chi connectivity index (χ2v) is 21.2. The van der Waals surface area contributed by atoms with E-state index in [1.807, 2.05) is 48.5 Å². The van der Waals surface area contributed by atoms with Gasteiger partial charge >= 0.3 is 0 Å². The van der Waals surface area contributed by atoms with E-state index in [-0.39, 0.29) is 12.4 Å². The Morgan fingerprint density at radius 1 is 0.726 bits per heavy atom. The number of fused-ring (bicyclic) bond motifs is 5. The number of benzene rings is 5. The minimum atomic E-state index is -0.958. The molecule has 10 rings (SSSR count). The summed E-state index contributed by atoms with van der Waals surface area (Å²) in [6, 6.07) is 43.4. The molecule has 1 saturated carbocycles. The highest BCUT2D eigenvalue weighted by Crippen LogP contribution is 2.50. The Morgan fingerprint density at radius 2 is 1.37 bits per heavy atom. The van der Waals surface area contributed by atoms with E-state index >= 15 is 0 Å². The van der Waals surface area contributed by atoms with Crippen LogP contribution in [0.15, 0.2) is 178 Å². The van der Waals surface area contributed by atoms with Crippen LogP contribution in [0.2, 0.25) is 0 Å². The zero-order valence-electron chi connectivity index (χ0n) is 43.1. The number of ether oxygens (including phenoxy) is 3. The third-order valence-electron chi connectivity index (χ3n) is 15.6. The predicted octanol–water partition coefficient (Wildman–Crippen LogP) is 10.4. The van der Waals surface area contributed by atoms with E-state index < -0.39 is 28.5 Å². The smallest absolute Gasteiger partial charge is 0.171 e. The second-order valence-electron chi connectivity index (χ2n) is 21.2. The molecule has 0 amide bonds. The number of rotatable bonds is 19. The van der Waals surface area contributed by atoms with Crippen LogP contribution in [0.25, 0.3) is 28.6 Å². The van der Waals surface area contributed by atoms with Crippen LogP contribution in [0.5, 0.6) is 11.5 Å². The Hall–Kier alpha value is -6.84. The molecule has 1 aliphatic heterocycles. The van der Waals surface area contributed by atoms with Crippen molar-refractivity contribution < 1.29 is 29.2 Å². The van der Waals surface area contributed by atoms with E-state index in [2.05, 4.69) is 136 Å². The Labute approximate surface area is 429 Å². The number of nitrogens with zero attached hydrogens (tertiary/aromatic N) is 1. The summed E-state index contributed by atoms with van der Waals surface area (Å²) in [4.78, 5) is 23.7. The number of para-hydroxylation sites is 2. The van der Waals surface area contributed by atoms with Crippen LogP contribution in [0.4, 0.5) is 0 Å². The summed E-state index contributed by atoms with van der Waals surface area (Å²) in [6.45, 7) is 9.44. The summed E-state index contributed by atoms with van der Waals surface area (Å²) >= 11 is 0. The molecule has 1 aromatic heterocycles. The van der Waals surface area contributed by atoms with Gasteiger partial charge in [-0.1, -0.05) is 143 Å². The van der Waals surface area contributed by atoms with E-state index in [0.29, 0.717) is 25.0 Å². The lowest BCUT2D eigenvalue weighted by molar-refractivity contribution is -0.128. The molecule has 73 heavy (non-hydrogen) atoms. The van der Waals surface area contributed by atoms with Gasteiger partial charge in [-0.15, -0.1) is 0 Å². The van der Waals surface area contributed by atoms with Crippen molar-refractivity contribution >= 4 is 34.4 Å². The van der Waals surface area contributed by atoms with Crippen LogP contribution in [-0.2, 0) is 15.1 Å². The highest BCUT2D eigenvalue weighted by Gasteiger charge is 2.48. The first-order valence-electron chi connectivity index (χ1n) is 26.1. The van der Waals surface area contributed by atoms with Gasteiger partial charge in [0.15, 0.2) is 5.78 Å². The molecule has 2 unspecified atom stereocenters. The molecule has 2 heterocycles. The molecule has 3 aliphatic carbocycles. The van der Waals surface area contributed by atoms with E-state index in [1.165, 1.54) is 5.57 Å². The fourth-order valence-electron chi connectivity index (χ4n) is 11.9. The summed E-state index contributed by atoms with van der Waals surface area (Å²) in [5, 5.41) is 27.5. The maximum Gasteiger partial charge on any atom is 0.171 e. The van der Waals surface area contributed by atoms with Gasteiger partial charge in [-0.3, -0.25) is 4.79 Å². The Kier molecular flexibility index (Phi) is 14.0. The van der Waals surface area contributed by atoms with Crippen LogP contribution in [-0.4, -0.2) is 54.5 Å². The zero-order valence-corrected chi connectivity index (χ0v) is 43.1. The summed E-state index contributed by atoms with van der Waals surface area (Å²) in [7, 11) is 3.36. The van der Waals surface area contributed by atoms with Crippen molar-refractivity contribution in [2.24, 2.45) is 21.7 Å². The number of methoxy groups -OCH3 is 2. The fourth-order valence-corrected chi connectivity index (χ4v) is 11.9. The predicted molar refractivity (Wildman–Crippen MR) is 292 cm³/mol. The number of aliphatic hydroxyl groups is 2. The maximum atomic E-state index is 14.9. The van der Waals surface area contributed by atoms with Crippen molar-refractivity contribution in [3.8, 4) is 11.5 Å². The van der Waals surface area contributed by atoms with Crippen molar-refractivity contribution in [3.05, 3.63) is 211 Å². The molecule has 2 atom stereocenters. The number of hydrogen-bond acceptors (Lipinski definition) is 7. The monoisotopic (exact) mass is 973 g/mol. The van der Waals surface area contributed by atoms with Gasteiger partial charge in [-0.25, -0.2) is 4.99 Å². The Balaban J connectivity index is 0.969. The number of allylic oxidation sites excluding steroid dienone is 5. The van der Waals surface area contributed by atoms with Gasteiger partial charge in [0.2, 0.25) is 0 Å². The number of carbonyl (C=O) groups is 1. The quantitative estimate of drug-likeness (QED) is 0.0423. The minimum Gasteiger partial charge on any atom is -0.497 e. The van der Waals surface area contributed by atoms with Crippen LogP contribution >= 0.6 is 0 Å². The summed E-state index contributed by atoms with van der Waals surface area (Å²) < 4.78 is 18.4. The number of Topliss-reactive ketones (excluding diaryl/α,β-unsaturated/α-hetero) is 1. The van der Waals surface area contributed by atoms with Crippen molar-refractivity contribution in [1.29, 1.82) is 0 Å². The van der Waals surface area contributed by atoms with Crippen LogP contribution < -0.4 is 30.6 Å². The standard InChI is InChI=1S/C65H68N2O6/c1-63(2)40-57-51(47-22-14-16-26-55(47)66-57)38-53(63)49(24-12-8-18-36-68)60-61(69)52(62(60)70)39-54-48(59-50-25-15-17-27-56(50)67-58(59)41-64(54,3)4)23-13-9-19-37-73-65(42-20-10-7-11-21-42,43-28-32-45(71-5)33-29-43)44-30-34-46(72-6)35-31-44/h7,10-11,14-17,20-22,25-35,38-41,60-61,66,68-69H,8-9,12-13,18-19,23-24,36-37H2,1-6H3. The zero-order chi connectivity index (χ0) is 50.9. The van der Waals surface area contributed by atoms with Gasteiger partial charge in [0.25, 0.3) is 0 Å². The summed E-state index contributed by atoms with van der Waals surface area (Å²) in [5.41, 5.74) is 9.21. The van der Waals surface area contributed by atoms with Crippen molar-refractivity contribution in [2.45, 2.75) is 90.8 Å². The number of H-pyrrole nitrogens is 1. The van der Waals surface area contributed by atoms with Gasteiger partial charge in [-0.05, 0) is 127 Å². The van der Waals surface area contributed by atoms with E-state index in [9.17, 15) is 15.0 Å². The van der Waals surface area contributed by atoms with Crippen molar-refractivity contribution in [1.82, 2.24) is 4.98 Å². The number of aromatic nitrogens is 1. The molecule has 0 radical (unpaired) electrons. The van der Waals surface area contributed by atoms with Gasteiger partial charge in [0.1, 0.15) is 17.1 Å². The van der Waals surface area contributed by atoms with Gasteiger partial charge < -0.3 is 29.4 Å². The van der Waals surface area contributed by atoms with E-state index in [0.717, 1.165) is 127 Å². The fraction of sp³-hybridized carbons (Fsp3) is 0.323. The number of aromatic amines is 1. The van der Waals surface area contributed by atoms with Gasteiger partial charge in [0.05, 0.1) is 37.3 Å². The molecule has 3 N–H and O–H groups in total. The van der Waals surface area contributed by atoms with Gasteiger partial charge in [-0.2, -0.15) is 0 Å². The number of carbonyl (C=O) groups excluding carboxylic acids is 1.